The molecule has 0 aliphatic heterocycles. The second-order valence-corrected chi connectivity index (χ2v) is 3.53. The standard InChI is InChI=1S/C5H13NO3S/c1-2-3-4-6-5-10(7,8)9/h6H,2-5H2,1H3,(H,7,8,9). The van der Waals surface area contributed by atoms with Crippen LogP contribution in [0.15, 0.2) is 0 Å². The SMILES string of the molecule is CCCCNCS(=O)(=O)O. The predicted octanol–water partition coefficient (Wildman–Crippen LogP) is 0.221. The van der Waals surface area contributed by atoms with Gasteiger partial charge in [0.25, 0.3) is 10.1 Å². The summed E-state index contributed by atoms with van der Waals surface area (Å²) >= 11 is 0. The van der Waals surface area contributed by atoms with Crippen LogP contribution in [-0.2, 0) is 10.1 Å². The molecule has 2 N–H and O–H groups in total. The number of hydrogen-bond acceptors (Lipinski definition) is 3. The Balaban J connectivity index is 3.21. The Hall–Kier alpha value is -0.130. The van der Waals surface area contributed by atoms with Crippen molar-refractivity contribution in [2.45, 2.75) is 19.8 Å². The summed E-state index contributed by atoms with van der Waals surface area (Å²) in [5.41, 5.74) is 0. The van der Waals surface area contributed by atoms with Gasteiger partial charge in [-0.15, -0.1) is 0 Å². The first kappa shape index (κ1) is 9.87. The molecule has 0 aromatic heterocycles. The molecule has 0 rings (SSSR count). The van der Waals surface area contributed by atoms with E-state index < -0.39 is 10.1 Å². The quantitative estimate of drug-likeness (QED) is 0.454. The highest BCUT2D eigenvalue weighted by Crippen LogP contribution is 1.83. The summed E-state index contributed by atoms with van der Waals surface area (Å²) in [7, 11) is -3.82. The molecule has 0 unspecified atom stereocenters. The predicted molar refractivity (Wildman–Crippen MR) is 39.3 cm³/mol. The molecule has 0 bridgehead atoms. The molecule has 0 aliphatic carbocycles. The second-order valence-electron chi connectivity index (χ2n) is 2.08. The van der Waals surface area contributed by atoms with Crippen LogP contribution in [0.1, 0.15) is 19.8 Å². The largest absolute Gasteiger partial charge is 0.302 e. The van der Waals surface area contributed by atoms with E-state index in [0.717, 1.165) is 12.8 Å². The van der Waals surface area contributed by atoms with E-state index in [-0.39, 0.29) is 5.88 Å². The molecule has 0 spiro atoms. The van der Waals surface area contributed by atoms with Gasteiger partial charge in [-0.1, -0.05) is 13.3 Å². The first-order chi connectivity index (χ1) is 4.56. The zero-order valence-corrected chi connectivity index (χ0v) is 6.82. The lowest BCUT2D eigenvalue weighted by Gasteiger charge is -1.98. The Labute approximate surface area is 61.4 Å². The lowest BCUT2D eigenvalue weighted by Crippen LogP contribution is -2.23. The van der Waals surface area contributed by atoms with E-state index in [1.165, 1.54) is 0 Å². The van der Waals surface area contributed by atoms with Crippen LogP contribution in [0.2, 0.25) is 0 Å². The number of unbranched alkanes of at least 4 members (excludes halogenated alkanes) is 1. The molecule has 0 aliphatic rings. The molecule has 5 heteroatoms. The minimum Gasteiger partial charge on any atom is -0.302 e. The van der Waals surface area contributed by atoms with Gasteiger partial charge in [0, 0.05) is 0 Å². The third-order valence-corrected chi connectivity index (χ3v) is 1.56. The molecule has 0 aromatic rings. The maximum absolute atomic E-state index is 10.1. The summed E-state index contributed by atoms with van der Waals surface area (Å²) in [5, 5.41) is 2.59. The van der Waals surface area contributed by atoms with Crippen molar-refractivity contribution >= 4 is 10.1 Å². The van der Waals surface area contributed by atoms with Crippen molar-refractivity contribution in [2.75, 3.05) is 12.4 Å². The molecule has 0 radical (unpaired) electrons. The molecular weight excluding hydrogens is 154 g/mol. The lowest BCUT2D eigenvalue weighted by molar-refractivity contribution is 0.475. The average molecular weight is 167 g/mol. The van der Waals surface area contributed by atoms with Crippen molar-refractivity contribution in [1.82, 2.24) is 5.32 Å². The minimum absolute atomic E-state index is 0.340. The van der Waals surface area contributed by atoms with E-state index >= 15 is 0 Å². The van der Waals surface area contributed by atoms with E-state index in [1.807, 2.05) is 6.92 Å². The fourth-order valence-electron chi connectivity index (χ4n) is 0.503. The molecule has 0 atom stereocenters. The van der Waals surface area contributed by atoms with Crippen molar-refractivity contribution in [3.63, 3.8) is 0 Å². The normalized spacial score (nSPS) is 11.8. The maximum atomic E-state index is 10.1. The minimum atomic E-state index is -3.82. The Morgan fingerprint density at radius 3 is 2.50 bits per heavy atom. The van der Waals surface area contributed by atoms with E-state index in [1.54, 1.807) is 0 Å². The highest BCUT2D eigenvalue weighted by molar-refractivity contribution is 7.85. The molecule has 0 amide bonds. The lowest BCUT2D eigenvalue weighted by atomic mass is 10.3. The van der Waals surface area contributed by atoms with E-state index in [4.69, 9.17) is 4.55 Å². The van der Waals surface area contributed by atoms with Gasteiger partial charge in [-0.3, -0.25) is 4.55 Å². The molecule has 0 aromatic carbocycles. The van der Waals surface area contributed by atoms with E-state index in [9.17, 15) is 8.42 Å². The van der Waals surface area contributed by atoms with Gasteiger partial charge in [-0.25, -0.2) is 0 Å². The topological polar surface area (TPSA) is 66.4 Å². The summed E-state index contributed by atoms with van der Waals surface area (Å²) in [4.78, 5) is 0. The van der Waals surface area contributed by atoms with Gasteiger partial charge in [0.05, 0.1) is 0 Å². The van der Waals surface area contributed by atoms with Gasteiger partial charge >= 0.3 is 0 Å². The smallest absolute Gasteiger partial charge is 0.278 e. The number of rotatable bonds is 5. The molecule has 0 heterocycles. The van der Waals surface area contributed by atoms with Gasteiger partial charge in [0.15, 0.2) is 0 Å². The Bertz CT molecular complexity index is 164. The van der Waals surface area contributed by atoms with E-state index in [0.29, 0.717) is 6.54 Å². The van der Waals surface area contributed by atoms with Crippen molar-refractivity contribution in [3.8, 4) is 0 Å². The molecule has 0 fully saturated rings. The Morgan fingerprint density at radius 2 is 2.10 bits per heavy atom. The van der Waals surface area contributed by atoms with Gasteiger partial charge in [-0.2, -0.15) is 8.42 Å². The zero-order valence-electron chi connectivity index (χ0n) is 6.00. The maximum Gasteiger partial charge on any atom is 0.278 e. The fraction of sp³-hybridized carbons (Fsp3) is 1.00. The summed E-state index contributed by atoms with van der Waals surface area (Å²) in [6.45, 7) is 2.64. The zero-order chi connectivity index (χ0) is 8.04. The summed E-state index contributed by atoms with van der Waals surface area (Å²) < 4.78 is 28.4. The Kier molecular flexibility index (Phi) is 4.59. The van der Waals surface area contributed by atoms with Gasteiger partial charge in [0.1, 0.15) is 5.88 Å². The summed E-state index contributed by atoms with van der Waals surface area (Å²) in [5.74, 6) is -0.340. The van der Waals surface area contributed by atoms with Crippen LogP contribution in [0.3, 0.4) is 0 Å². The van der Waals surface area contributed by atoms with Crippen LogP contribution in [0.5, 0.6) is 0 Å². The fourth-order valence-corrected chi connectivity index (χ4v) is 0.905. The molecule has 10 heavy (non-hydrogen) atoms. The third-order valence-electron chi connectivity index (χ3n) is 0.992. The molecule has 0 saturated carbocycles. The molecule has 0 saturated heterocycles. The van der Waals surface area contributed by atoms with E-state index in [2.05, 4.69) is 5.32 Å². The first-order valence-corrected chi connectivity index (χ1v) is 4.83. The van der Waals surface area contributed by atoms with Gasteiger partial charge < -0.3 is 5.32 Å². The average Bonchev–Trinajstić information content (AvgIpc) is 1.78. The number of hydrogen-bond donors (Lipinski definition) is 2. The van der Waals surface area contributed by atoms with Crippen molar-refractivity contribution < 1.29 is 13.0 Å². The van der Waals surface area contributed by atoms with Crippen LogP contribution in [0.25, 0.3) is 0 Å². The van der Waals surface area contributed by atoms with Gasteiger partial charge in [0.2, 0.25) is 0 Å². The highest BCUT2D eigenvalue weighted by atomic mass is 32.2. The van der Waals surface area contributed by atoms with Crippen LogP contribution in [-0.4, -0.2) is 25.4 Å². The van der Waals surface area contributed by atoms with Crippen molar-refractivity contribution in [3.05, 3.63) is 0 Å². The highest BCUT2D eigenvalue weighted by Gasteiger charge is 2.00. The van der Waals surface area contributed by atoms with Gasteiger partial charge in [-0.05, 0) is 13.0 Å². The van der Waals surface area contributed by atoms with Crippen LogP contribution >= 0.6 is 0 Å². The van der Waals surface area contributed by atoms with Crippen LogP contribution in [0.4, 0.5) is 0 Å². The second kappa shape index (κ2) is 4.65. The molecule has 4 nitrogen and oxygen atoms in total. The third kappa shape index (κ3) is 7.87. The van der Waals surface area contributed by atoms with Crippen LogP contribution in [0, 0.1) is 0 Å². The summed E-state index contributed by atoms with van der Waals surface area (Å²) in [6.07, 6.45) is 1.94. The molecular formula is C5H13NO3S. The molecule has 62 valence electrons. The number of nitrogens with one attached hydrogen (secondary N) is 1. The van der Waals surface area contributed by atoms with Crippen molar-refractivity contribution in [1.29, 1.82) is 0 Å². The monoisotopic (exact) mass is 167 g/mol. The first-order valence-electron chi connectivity index (χ1n) is 3.22. The van der Waals surface area contributed by atoms with Crippen molar-refractivity contribution in [2.24, 2.45) is 0 Å². The van der Waals surface area contributed by atoms with Crippen LogP contribution < -0.4 is 5.32 Å². The Morgan fingerprint density at radius 1 is 1.50 bits per heavy atom. The summed E-state index contributed by atoms with van der Waals surface area (Å²) in [6, 6.07) is 0.